The van der Waals surface area contributed by atoms with Gasteiger partial charge in [0.2, 0.25) is 0 Å². The average molecular weight is 350 g/mol. The number of rotatable bonds is 2. The van der Waals surface area contributed by atoms with Gasteiger partial charge in [0.05, 0.1) is 17.6 Å². The molecule has 0 bridgehead atoms. The third-order valence-corrected chi connectivity index (χ3v) is 3.50. The van der Waals surface area contributed by atoms with E-state index in [0.717, 1.165) is 16.2 Å². The van der Waals surface area contributed by atoms with Crippen LogP contribution in [0, 0.1) is 11.6 Å². The fourth-order valence-corrected chi connectivity index (χ4v) is 2.29. The summed E-state index contributed by atoms with van der Waals surface area (Å²) in [5.74, 6) is -1.33. The van der Waals surface area contributed by atoms with E-state index in [-0.39, 0.29) is 0 Å². The van der Waals surface area contributed by atoms with E-state index < -0.39 is 11.6 Å². The van der Waals surface area contributed by atoms with E-state index in [1.54, 1.807) is 10.9 Å². The molecule has 0 aliphatic heterocycles. The standard InChI is InChI=1S/C15H10BrF2N3/c16-10-1-3-13(4-2-10)21-8-14(19)15(20-21)9-5-11(17)7-12(18)6-9/h1-8H,19H2. The summed E-state index contributed by atoms with van der Waals surface area (Å²) in [4.78, 5) is 0. The third kappa shape index (κ3) is 2.80. The number of hydrogen-bond donors (Lipinski definition) is 1. The van der Waals surface area contributed by atoms with E-state index in [9.17, 15) is 8.78 Å². The van der Waals surface area contributed by atoms with Crippen LogP contribution in [-0.4, -0.2) is 9.78 Å². The number of nitrogens with zero attached hydrogens (tertiary/aromatic N) is 2. The Morgan fingerprint density at radius 1 is 1.00 bits per heavy atom. The van der Waals surface area contributed by atoms with Crippen molar-refractivity contribution in [3.63, 3.8) is 0 Å². The first-order valence-corrected chi connectivity index (χ1v) is 6.90. The molecule has 0 atom stereocenters. The lowest BCUT2D eigenvalue weighted by atomic mass is 10.1. The summed E-state index contributed by atoms with van der Waals surface area (Å²) >= 11 is 3.35. The van der Waals surface area contributed by atoms with Crippen molar-refractivity contribution in [1.29, 1.82) is 0 Å². The molecule has 0 fully saturated rings. The maximum Gasteiger partial charge on any atom is 0.126 e. The van der Waals surface area contributed by atoms with Gasteiger partial charge in [-0.05, 0) is 36.4 Å². The monoisotopic (exact) mass is 349 g/mol. The van der Waals surface area contributed by atoms with Gasteiger partial charge >= 0.3 is 0 Å². The van der Waals surface area contributed by atoms with E-state index in [2.05, 4.69) is 21.0 Å². The summed E-state index contributed by atoms with van der Waals surface area (Å²) in [7, 11) is 0. The van der Waals surface area contributed by atoms with Crippen LogP contribution in [-0.2, 0) is 0 Å². The Morgan fingerprint density at radius 3 is 2.24 bits per heavy atom. The zero-order valence-electron chi connectivity index (χ0n) is 10.7. The van der Waals surface area contributed by atoms with Crippen LogP contribution in [0.5, 0.6) is 0 Å². The summed E-state index contributed by atoms with van der Waals surface area (Å²) in [6.07, 6.45) is 1.61. The molecule has 0 saturated carbocycles. The number of nitrogens with two attached hydrogens (primary N) is 1. The van der Waals surface area contributed by atoms with Crippen molar-refractivity contribution in [3.8, 4) is 16.9 Å². The van der Waals surface area contributed by atoms with Crippen molar-refractivity contribution in [2.45, 2.75) is 0 Å². The van der Waals surface area contributed by atoms with E-state index in [1.165, 1.54) is 12.1 Å². The highest BCUT2D eigenvalue weighted by molar-refractivity contribution is 9.10. The molecule has 0 radical (unpaired) electrons. The van der Waals surface area contributed by atoms with Gasteiger partial charge in [0.15, 0.2) is 0 Å². The quantitative estimate of drug-likeness (QED) is 0.754. The lowest BCUT2D eigenvalue weighted by Crippen LogP contribution is -1.94. The first-order valence-electron chi connectivity index (χ1n) is 6.10. The Hall–Kier alpha value is -2.21. The van der Waals surface area contributed by atoms with Gasteiger partial charge in [-0.3, -0.25) is 0 Å². The van der Waals surface area contributed by atoms with Gasteiger partial charge in [0.1, 0.15) is 17.3 Å². The maximum atomic E-state index is 13.3. The second kappa shape index (κ2) is 5.29. The minimum absolute atomic E-state index is 0.306. The Labute approximate surface area is 128 Å². The fraction of sp³-hybridized carbons (Fsp3) is 0. The zero-order chi connectivity index (χ0) is 15.0. The number of nitrogen functional groups attached to an aromatic ring is 1. The zero-order valence-corrected chi connectivity index (χ0v) is 12.3. The topological polar surface area (TPSA) is 43.8 Å². The molecule has 21 heavy (non-hydrogen) atoms. The predicted octanol–water partition coefficient (Wildman–Crippen LogP) is 4.16. The molecule has 1 heterocycles. The van der Waals surface area contributed by atoms with E-state index in [1.807, 2.05) is 24.3 Å². The number of halogens is 3. The maximum absolute atomic E-state index is 13.3. The van der Waals surface area contributed by atoms with E-state index in [4.69, 9.17) is 5.73 Å². The largest absolute Gasteiger partial charge is 0.396 e. The summed E-state index contributed by atoms with van der Waals surface area (Å²) < 4.78 is 29.1. The second-order valence-corrected chi connectivity index (χ2v) is 5.43. The normalized spacial score (nSPS) is 10.8. The first kappa shape index (κ1) is 13.8. The molecule has 6 heteroatoms. The highest BCUT2D eigenvalue weighted by Crippen LogP contribution is 2.27. The van der Waals surface area contributed by atoms with Crippen LogP contribution in [0.1, 0.15) is 0 Å². The molecule has 0 aliphatic carbocycles. The molecule has 0 saturated heterocycles. The van der Waals surface area contributed by atoms with Gasteiger partial charge in [-0.2, -0.15) is 5.10 Å². The lowest BCUT2D eigenvalue weighted by molar-refractivity contribution is 0.584. The Kier molecular flexibility index (Phi) is 3.47. The van der Waals surface area contributed by atoms with E-state index >= 15 is 0 Å². The van der Waals surface area contributed by atoms with Gasteiger partial charge in [0.25, 0.3) is 0 Å². The molecule has 3 nitrogen and oxygen atoms in total. The van der Waals surface area contributed by atoms with Crippen molar-refractivity contribution in [1.82, 2.24) is 9.78 Å². The highest BCUT2D eigenvalue weighted by Gasteiger charge is 2.12. The molecule has 3 rings (SSSR count). The molecule has 0 spiro atoms. The molecule has 2 aromatic carbocycles. The number of aromatic nitrogens is 2. The Balaban J connectivity index is 2.07. The van der Waals surface area contributed by atoms with Crippen LogP contribution >= 0.6 is 15.9 Å². The van der Waals surface area contributed by atoms with Crippen LogP contribution < -0.4 is 5.73 Å². The van der Waals surface area contributed by atoms with Crippen LogP contribution in [0.2, 0.25) is 0 Å². The average Bonchev–Trinajstić information content (AvgIpc) is 2.80. The molecule has 0 aliphatic rings. The Bertz CT molecular complexity index is 777. The summed E-state index contributed by atoms with van der Waals surface area (Å²) in [6, 6.07) is 10.7. The minimum Gasteiger partial charge on any atom is -0.396 e. The van der Waals surface area contributed by atoms with Gasteiger partial charge < -0.3 is 5.73 Å². The lowest BCUT2D eigenvalue weighted by Gasteiger charge is -2.01. The molecule has 0 amide bonds. The Morgan fingerprint density at radius 2 is 1.62 bits per heavy atom. The van der Waals surface area contributed by atoms with Crippen LogP contribution in [0.3, 0.4) is 0 Å². The minimum atomic E-state index is -0.664. The highest BCUT2D eigenvalue weighted by atomic mass is 79.9. The van der Waals surface area contributed by atoms with Crippen molar-refractivity contribution < 1.29 is 8.78 Å². The van der Waals surface area contributed by atoms with E-state index in [0.29, 0.717) is 16.9 Å². The van der Waals surface area contributed by atoms with Gasteiger partial charge in [-0.1, -0.05) is 15.9 Å². The van der Waals surface area contributed by atoms with Crippen molar-refractivity contribution >= 4 is 21.6 Å². The van der Waals surface area contributed by atoms with Gasteiger partial charge in [-0.25, -0.2) is 13.5 Å². The van der Waals surface area contributed by atoms with Crippen LogP contribution in [0.4, 0.5) is 14.5 Å². The van der Waals surface area contributed by atoms with Gasteiger partial charge in [-0.15, -0.1) is 0 Å². The number of hydrogen-bond acceptors (Lipinski definition) is 2. The molecule has 2 N–H and O–H groups in total. The van der Waals surface area contributed by atoms with Crippen molar-refractivity contribution in [3.05, 3.63) is 64.8 Å². The fourth-order valence-electron chi connectivity index (χ4n) is 2.03. The summed E-state index contributed by atoms with van der Waals surface area (Å²) in [5, 5.41) is 4.31. The third-order valence-electron chi connectivity index (χ3n) is 2.97. The summed E-state index contributed by atoms with van der Waals surface area (Å²) in [5.41, 5.74) is 7.70. The van der Waals surface area contributed by atoms with Crippen molar-refractivity contribution in [2.75, 3.05) is 5.73 Å². The number of anilines is 1. The molecular weight excluding hydrogens is 340 g/mol. The molecular formula is C15H10BrF2N3. The molecule has 0 unspecified atom stereocenters. The van der Waals surface area contributed by atoms with Crippen LogP contribution in [0.25, 0.3) is 16.9 Å². The van der Waals surface area contributed by atoms with Crippen molar-refractivity contribution in [2.24, 2.45) is 0 Å². The molecule has 1 aromatic heterocycles. The smallest absolute Gasteiger partial charge is 0.126 e. The SMILES string of the molecule is Nc1cn(-c2ccc(Br)cc2)nc1-c1cc(F)cc(F)c1. The number of benzene rings is 2. The molecule has 106 valence electrons. The second-order valence-electron chi connectivity index (χ2n) is 4.51. The van der Waals surface area contributed by atoms with Crippen LogP contribution in [0.15, 0.2) is 53.1 Å². The summed E-state index contributed by atoms with van der Waals surface area (Å²) in [6.45, 7) is 0. The van der Waals surface area contributed by atoms with Gasteiger partial charge in [0, 0.05) is 16.1 Å². The molecule has 3 aromatic rings. The first-order chi connectivity index (χ1) is 10.0. The predicted molar refractivity (Wildman–Crippen MR) is 81.0 cm³/mol.